The molecule has 0 aliphatic heterocycles. The first kappa shape index (κ1) is 23.0. The first-order chi connectivity index (χ1) is 13.5. The van der Waals surface area contributed by atoms with Gasteiger partial charge in [-0.15, -0.1) is 0 Å². The van der Waals surface area contributed by atoms with E-state index in [9.17, 15) is 4.79 Å². The van der Waals surface area contributed by atoms with Gasteiger partial charge < -0.3 is 4.74 Å². The molecule has 3 rings (SSSR count). The number of carbonyl (C=O) groups is 1. The molecule has 1 spiro atoms. The Morgan fingerprint density at radius 2 is 1.86 bits per heavy atom. The number of ether oxygens (including phenoxy) is 1. The van der Waals surface area contributed by atoms with Crippen LogP contribution in [0.2, 0.25) is 0 Å². The minimum Gasteiger partial charge on any atom is -0.464 e. The summed E-state index contributed by atoms with van der Waals surface area (Å²) < 4.78 is 5.34. The third-order valence-corrected chi connectivity index (χ3v) is 9.13. The highest BCUT2D eigenvalue weighted by Gasteiger charge is 2.68. The molecule has 3 aliphatic rings. The van der Waals surface area contributed by atoms with Crippen molar-refractivity contribution in [2.24, 2.45) is 34.0 Å². The number of hydrogen-bond acceptors (Lipinski definition) is 5. The lowest BCUT2D eigenvalue weighted by molar-refractivity contribution is -0.382. The summed E-state index contributed by atoms with van der Waals surface area (Å²) in [6, 6.07) is 0. The molecule has 29 heavy (non-hydrogen) atoms. The van der Waals surface area contributed by atoms with Crippen LogP contribution in [0.5, 0.6) is 0 Å². The number of carbonyl (C=O) groups excluding carboxylic acids is 1. The molecule has 3 fully saturated rings. The number of hydrogen-bond donors (Lipinski definition) is 1. The van der Waals surface area contributed by atoms with Gasteiger partial charge in [0.15, 0.2) is 0 Å². The molecule has 0 aromatic rings. The number of fused-ring (bicyclic) bond motifs is 1. The van der Waals surface area contributed by atoms with E-state index in [0.717, 1.165) is 24.7 Å². The zero-order chi connectivity index (χ0) is 21.5. The fourth-order valence-electron chi connectivity index (χ4n) is 6.79. The molecule has 0 radical (unpaired) electrons. The lowest BCUT2D eigenvalue weighted by Crippen LogP contribution is -2.46. The Kier molecular flexibility index (Phi) is 6.45. The van der Waals surface area contributed by atoms with Gasteiger partial charge in [-0.1, -0.05) is 27.7 Å². The van der Waals surface area contributed by atoms with Crippen LogP contribution in [-0.4, -0.2) is 31.5 Å². The smallest absolute Gasteiger partial charge is 0.311 e. The Morgan fingerprint density at radius 3 is 2.55 bits per heavy atom. The Balaban J connectivity index is 1.42. The summed E-state index contributed by atoms with van der Waals surface area (Å²) in [6.07, 6.45) is 7.14. The summed E-state index contributed by atoms with van der Waals surface area (Å²) in [7, 11) is 0. The number of esters is 1. The fourth-order valence-corrected chi connectivity index (χ4v) is 6.79. The monoisotopic (exact) mass is 409 g/mol. The van der Waals surface area contributed by atoms with Gasteiger partial charge in [0.25, 0.3) is 0 Å². The normalized spacial score (nSPS) is 38.1. The van der Waals surface area contributed by atoms with Crippen LogP contribution in [0, 0.1) is 34.0 Å². The molecule has 0 aromatic carbocycles. The van der Waals surface area contributed by atoms with Crippen LogP contribution in [0.1, 0.15) is 87.0 Å². The van der Waals surface area contributed by atoms with E-state index >= 15 is 0 Å². The van der Waals surface area contributed by atoms with Crippen LogP contribution >= 0.6 is 0 Å². The molecular formula is C24H43NO4. The molecule has 5 heteroatoms. The largest absolute Gasteiger partial charge is 0.464 e. The molecule has 5 nitrogen and oxygen atoms in total. The molecule has 3 aliphatic carbocycles. The van der Waals surface area contributed by atoms with Gasteiger partial charge in [0.2, 0.25) is 0 Å². The number of nitrogens with one attached hydrogen (secondary N) is 1. The van der Waals surface area contributed by atoms with Crippen LogP contribution < -0.4 is 5.32 Å². The Morgan fingerprint density at radius 1 is 1.14 bits per heavy atom. The molecule has 0 saturated heterocycles. The second kappa shape index (κ2) is 8.12. The third-order valence-electron chi connectivity index (χ3n) is 9.13. The summed E-state index contributed by atoms with van der Waals surface area (Å²) in [5.74, 6) is 2.05. The average molecular weight is 410 g/mol. The van der Waals surface area contributed by atoms with Gasteiger partial charge in [-0.2, -0.15) is 0 Å². The van der Waals surface area contributed by atoms with Gasteiger partial charge in [0.1, 0.15) is 18.9 Å². The van der Waals surface area contributed by atoms with Crippen molar-refractivity contribution in [1.29, 1.82) is 0 Å². The molecule has 168 valence electrons. The van der Waals surface area contributed by atoms with Crippen LogP contribution in [0.25, 0.3) is 0 Å². The summed E-state index contributed by atoms with van der Waals surface area (Å²) in [6.45, 7) is 16.7. The van der Waals surface area contributed by atoms with Crippen LogP contribution in [0.4, 0.5) is 0 Å². The Hall–Kier alpha value is -0.650. The van der Waals surface area contributed by atoms with E-state index in [4.69, 9.17) is 14.5 Å². The SMILES string of the molecule is CCC(C)(C)C(=O)OCCNCOOC1(C)CCC23CC1C(C)(C)C2CCC3C. The van der Waals surface area contributed by atoms with Crippen molar-refractivity contribution >= 4 is 5.97 Å². The minimum absolute atomic E-state index is 0.147. The molecular weight excluding hydrogens is 366 g/mol. The minimum atomic E-state index is -0.420. The zero-order valence-corrected chi connectivity index (χ0v) is 19.7. The molecule has 1 N–H and O–H groups in total. The highest BCUT2D eigenvalue weighted by molar-refractivity contribution is 5.75. The molecule has 5 unspecified atom stereocenters. The quantitative estimate of drug-likeness (QED) is 0.189. The maximum atomic E-state index is 12.0. The van der Waals surface area contributed by atoms with Crippen molar-refractivity contribution < 1.29 is 19.3 Å². The van der Waals surface area contributed by atoms with E-state index in [-0.39, 0.29) is 11.6 Å². The second-order valence-corrected chi connectivity index (χ2v) is 11.4. The zero-order valence-electron chi connectivity index (χ0n) is 19.7. The van der Waals surface area contributed by atoms with Crippen molar-refractivity contribution in [3.63, 3.8) is 0 Å². The lowest BCUT2D eigenvalue weighted by Gasteiger charge is -2.46. The van der Waals surface area contributed by atoms with E-state index in [2.05, 4.69) is 33.0 Å². The summed E-state index contributed by atoms with van der Waals surface area (Å²) in [4.78, 5) is 23.6. The van der Waals surface area contributed by atoms with Gasteiger partial charge in [-0.25, -0.2) is 9.78 Å². The van der Waals surface area contributed by atoms with Gasteiger partial charge in [0, 0.05) is 6.54 Å². The molecule has 0 amide bonds. The second-order valence-electron chi connectivity index (χ2n) is 11.4. The van der Waals surface area contributed by atoms with Crippen molar-refractivity contribution in [1.82, 2.24) is 5.32 Å². The predicted octanol–water partition coefficient (Wildman–Crippen LogP) is 5.09. The molecule has 3 saturated carbocycles. The fraction of sp³-hybridized carbons (Fsp3) is 0.958. The third kappa shape index (κ3) is 3.99. The maximum absolute atomic E-state index is 12.0. The first-order valence-corrected chi connectivity index (χ1v) is 11.7. The molecule has 0 aromatic heterocycles. The summed E-state index contributed by atoms with van der Waals surface area (Å²) in [5.41, 5.74) is 0.188. The predicted molar refractivity (Wildman–Crippen MR) is 114 cm³/mol. The molecule has 5 atom stereocenters. The molecule has 0 heterocycles. The number of rotatable bonds is 9. The summed E-state index contributed by atoms with van der Waals surface area (Å²) >= 11 is 0. The molecule has 2 bridgehead atoms. The average Bonchev–Trinajstić information content (AvgIpc) is 3.09. The lowest BCUT2D eigenvalue weighted by atomic mass is 9.64. The topological polar surface area (TPSA) is 56.8 Å². The Labute approximate surface area is 177 Å². The van der Waals surface area contributed by atoms with Crippen LogP contribution in [-0.2, 0) is 19.3 Å². The van der Waals surface area contributed by atoms with E-state index < -0.39 is 5.41 Å². The van der Waals surface area contributed by atoms with Gasteiger partial charge in [0.05, 0.1) is 5.41 Å². The van der Waals surface area contributed by atoms with Crippen LogP contribution in [0.3, 0.4) is 0 Å². The van der Waals surface area contributed by atoms with E-state index in [0.29, 0.717) is 36.6 Å². The van der Waals surface area contributed by atoms with Gasteiger partial charge in [-0.05, 0) is 87.9 Å². The van der Waals surface area contributed by atoms with E-state index in [1.54, 1.807) is 0 Å². The van der Waals surface area contributed by atoms with Crippen molar-refractivity contribution in [2.75, 3.05) is 19.9 Å². The van der Waals surface area contributed by atoms with Gasteiger partial charge >= 0.3 is 5.97 Å². The standard InChI is InChI=1S/C24H43NO4/c1-8-21(3,4)20(26)27-14-13-25-16-28-29-23(7)11-12-24-15-19(23)22(5,6)18(24)10-9-17(24)2/h17-19,25H,8-16H2,1-7H3. The highest BCUT2D eigenvalue weighted by atomic mass is 17.2. The first-order valence-electron chi connectivity index (χ1n) is 11.7. The highest BCUT2D eigenvalue weighted by Crippen LogP contribution is 2.73. The van der Waals surface area contributed by atoms with Gasteiger partial charge in [-0.3, -0.25) is 10.1 Å². The van der Waals surface area contributed by atoms with Crippen molar-refractivity contribution in [3.05, 3.63) is 0 Å². The van der Waals surface area contributed by atoms with E-state index in [1.165, 1.54) is 25.7 Å². The Bertz CT molecular complexity index is 604. The maximum Gasteiger partial charge on any atom is 0.311 e. The van der Waals surface area contributed by atoms with Crippen molar-refractivity contribution in [3.8, 4) is 0 Å². The van der Waals surface area contributed by atoms with Crippen LogP contribution in [0.15, 0.2) is 0 Å². The van der Waals surface area contributed by atoms with E-state index in [1.807, 2.05) is 20.8 Å². The summed E-state index contributed by atoms with van der Waals surface area (Å²) in [5, 5.41) is 3.15. The van der Waals surface area contributed by atoms with Crippen molar-refractivity contribution in [2.45, 2.75) is 92.6 Å².